The Bertz CT molecular complexity index is 337. The van der Waals surface area contributed by atoms with E-state index in [2.05, 4.69) is 5.16 Å². The Labute approximate surface area is 81.3 Å². The summed E-state index contributed by atoms with van der Waals surface area (Å²) in [5.41, 5.74) is 1.16. The topological polar surface area (TPSA) is 52.8 Å². The van der Waals surface area contributed by atoms with Crippen LogP contribution in [0.15, 0.2) is 17.3 Å². The molecule has 0 radical (unpaired) electrons. The normalized spacial score (nSPS) is 10.9. The van der Waals surface area contributed by atoms with E-state index < -0.39 is 0 Å². The van der Waals surface area contributed by atoms with Crippen molar-refractivity contribution in [2.45, 2.75) is 13.3 Å². The summed E-state index contributed by atoms with van der Waals surface area (Å²) in [6, 6.07) is 3.22. The van der Waals surface area contributed by atoms with E-state index >= 15 is 0 Å². The molecule has 0 heterocycles. The molecule has 0 saturated heterocycles. The Morgan fingerprint density at radius 1 is 1.54 bits per heavy atom. The van der Waals surface area contributed by atoms with Gasteiger partial charge >= 0.3 is 0 Å². The van der Waals surface area contributed by atoms with Gasteiger partial charge in [0.1, 0.15) is 5.75 Å². The molecule has 0 atom stereocenters. The summed E-state index contributed by atoms with van der Waals surface area (Å²) in [6.45, 7) is 1.91. The average molecular weight is 200 g/mol. The zero-order valence-corrected chi connectivity index (χ0v) is 7.91. The van der Waals surface area contributed by atoms with Crippen LogP contribution in [0.25, 0.3) is 0 Å². The highest BCUT2D eigenvalue weighted by molar-refractivity contribution is 6.31. The zero-order chi connectivity index (χ0) is 9.84. The summed E-state index contributed by atoms with van der Waals surface area (Å²) in [6.07, 6.45) is 1.83. The van der Waals surface area contributed by atoms with Crippen molar-refractivity contribution in [3.63, 3.8) is 0 Å². The number of phenolic OH excluding ortho intramolecular Hbond substituents is 1. The number of phenols is 1. The maximum absolute atomic E-state index is 9.58. The van der Waals surface area contributed by atoms with Crippen LogP contribution < -0.4 is 0 Å². The van der Waals surface area contributed by atoms with Gasteiger partial charge in [-0.05, 0) is 24.1 Å². The third-order valence-corrected chi connectivity index (χ3v) is 1.98. The van der Waals surface area contributed by atoms with Crippen molar-refractivity contribution in [2.24, 2.45) is 5.16 Å². The zero-order valence-electron chi connectivity index (χ0n) is 7.16. The first-order valence-corrected chi connectivity index (χ1v) is 4.25. The second-order valence-corrected chi connectivity index (χ2v) is 3.04. The molecule has 70 valence electrons. The number of aromatic hydroxyl groups is 1. The van der Waals surface area contributed by atoms with Gasteiger partial charge in [0.05, 0.1) is 6.21 Å². The van der Waals surface area contributed by atoms with E-state index in [9.17, 15) is 5.11 Å². The van der Waals surface area contributed by atoms with Crippen molar-refractivity contribution in [1.29, 1.82) is 0 Å². The fourth-order valence-corrected chi connectivity index (χ4v) is 1.36. The summed E-state index contributed by atoms with van der Waals surface area (Å²) >= 11 is 5.78. The molecule has 0 aliphatic carbocycles. The van der Waals surface area contributed by atoms with Crippen LogP contribution in [-0.4, -0.2) is 16.5 Å². The van der Waals surface area contributed by atoms with Gasteiger partial charge < -0.3 is 10.3 Å². The smallest absolute Gasteiger partial charge is 0.127 e. The number of halogens is 1. The monoisotopic (exact) mass is 199 g/mol. The number of nitrogens with zero attached hydrogens (tertiary/aromatic N) is 1. The van der Waals surface area contributed by atoms with Crippen LogP contribution in [0.5, 0.6) is 5.75 Å². The molecule has 0 aromatic heterocycles. The van der Waals surface area contributed by atoms with Crippen LogP contribution in [0.1, 0.15) is 18.1 Å². The van der Waals surface area contributed by atoms with Crippen molar-refractivity contribution in [2.75, 3.05) is 0 Å². The van der Waals surface area contributed by atoms with Crippen LogP contribution in [0.3, 0.4) is 0 Å². The largest absolute Gasteiger partial charge is 0.507 e. The van der Waals surface area contributed by atoms with Crippen LogP contribution in [0, 0.1) is 0 Å². The molecule has 2 N–H and O–H groups in total. The van der Waals surface area contributed by atoms with Gasteiger partial charge in [-0.2, -0.15) is 0 Å². The van der Waals surface area contributed by atoms with E-state index in [-0.39, 0.29) is 5.75 Å². The fourth-order valence-electron chi connectivity index (χ4n) is 1.11. The molecule has 0 amide bonds. The number of hydrogen-bond acceptors (Lipinski definition) is 3. The van der Waals surface area contributed by atoms with E-state index in [4.69, 9.17) is 16.8 Å². The van der Waals surface area contributed by atoms with Crippen LogP contribution >= 0.6 is 11.6 Å². The average Bonchev–Trinajstić information content (AvgIpc) is 2.11. The Balaban J connectivity index is 3.26. The van der Waals surface area contributed by atoms with E-state index in [1.807, 2.05) is 6.92 Å². The maximum Gasteiger partial charge on any atom is 0.127 e. The minimum Gasteiger partial charge on any atom is -0.507 e. The Hall–Kier alpha value is -1.22. The van der Waals surface area contributed by atoms with Gasteiger partial charge in [0.25, 0.3) is 0 Å². The Kier molecular flexibility index (Phi) is 3.14. The molecule has 0 aliphatic rings. The molecule has 1 aromatic rings. The lowest BCUT2D eigenvalue weighted by Gasteiger charge is -2.05. The predicted molar refractivity (Wildman–Crippen MR) is 51.9 cm³/mol. The molecule has 3 nitrogen and oxygen atoms in total. The maximum atomic E-state index is 9.58. The van der Waals surface area contributed by atoms with Gasteiger partial charge in [0, 0.05) is 10.6 Å². The summed E-state index contributed by atoms with van der Waals surface area (Å²) in [7, 11) is 0. The van der Waals surface area contributed by atoms with Gasteiger partial charge in [-0.1, -0.05) is 23.7 Å². The molecule has 1 rings (SSSR count). The molecule has 0 fully saturated rings. The lowest BCUT2D eigenvalue weighted by Crippen LogP contribution is -1.89. The first-order valence-electron chi connectivity index (χ1n) is 3.87. The minimum absolute atomic E-state index is 0.115. The lowest BCUT2D eigenvalue weighted by atomic mass is 10.1. The highest BCUT2D eigenvalue weighted by Crippen LogP contribution is 2.26. The highest BCUT2D eigenvalue weighted by Gasteiger charge is 2.06. The molecule has 0 saturated carbocycles. The summed E-state index contributed by atoms with van der Waals surface area (Å²) in [5.74, 6) is 0.115. The van der Waals surface area contributed by atoms with Crippen molar-refractivity contribution in [3.8, 4) is 5.75 Å². The number of aryl methyl sites for hydroxylation is 1. The highest BCUT2D eigenvalue weighted by atomic mass is 35.5. The third kappa shape index (κ3) is 2.12. The third-order valence-electron chi connectivity index (χ3n) is 1.76. The fraction of sp³-hybridized carbons (Fsp3) is 0.222. The molecule has 0 aliphatic heterocycles. The molecule has 0 unspecified atom stereocenters. The molecule has 1 aromatic carbocycles. The summed E-state index contributed by atoms with van der Waals surface area (Å²) in [5, 5.41) is 21.3. The van der Waals surface area contributed by atoms with E-state index in [0.717, 1.165) is 11.8 Å². The molecular formula is C9H10ClNO2. The number of benzene rings is 1. The second-order valence-electron chi connectivity index (χ2n) is 2.60. The quantitative estimate of drug-likeness (QED) is 0.437. The summed E-state index contributed by atoms with van der Waals surface area (Å²) in [4.78, 5) is 0. The van der Waals surface area contributed by atoms with Gasteiger partial charge in [-0.25, -0.2) is 0 Å². The SMILES string of the molecule is CCc1cc(Cl)cc(/C=N/O)c1O. The van der Waals surface area contributed by atoms with Crippen molar-refractivity contribution < 1.29 is 10.3 Å². The van der Waals surface area contributed by atoms with Crippen molar-refractivity contribution in [3.05, 3.63) is 28.3 Å². The van der Waals surface area contributed by atoms with Gasteiger partial charge in [0.2, 0.25) is 0 Å². The molecular weight excluding hydrogens is 190 g/mol. The van der Waals surface area contributed by atoms with E-state index in [0.29, 0.717) is 17.0 Å². The number of rotatable bonds is 2. The first-order chi connectivity index (χ1) is 6.19. The Morgan fingerprint density at radius 3 is 2.77 bits per heavy atom. The van der Waals surface area contributed by atoms with Crippen molar-refractivity contribution in [1.82, 2.24) is 0 Å². The summed E-state index contributed by atoms with van der Waals surface area (Å²) < 4.78 is 0. The minimum atomic E-state index is 0.115. The van der Waals surface area contributed by atoms with Crippen LogP contribution in [0.4, 0.5) is 0 Å². The van der Waals surface area contributed by atoms with Crippen molar-refractivity contribution >= 4 is 17.8 Å². The molecule has 0 spiro atoms. The molecule has 4 heteroatoms. The second kappa shape index (κ2) is 4.14. The molecule has 13 heavy (non-hydrogen) atoms. The van der Waals surface area contributed by atoms with E-state index in [1.54, 1.807) is 6.07 Å². The van der Waals surface area contributed by atoms with Gasteiger partial charge in [0.15, 0.2) is 0 Å². The lowest BCUT2D eigenvalue weighted by molar-refractivity contribution is 0.321. The first kappa shape index (κ1) is 9.86. The Morgan fingerprint density at radius 2 is 2.23 bits per heavy atom. The standard InChI is InChI=1S/C9H10ClNO2/c1-2-6-3-8(10)4-7(5-11-13)9(6)12/h3-5,12-13H,2H2,1H3/b11-5+. The van der Waals surface area contributed by atoms with Gasteiger partial charge in [-0.15, -0.1) is 0 Å². The number of hydrogen-bond donors (Lipinski definition) is 2. The van der Waals surface area contributed by atoms with E-state index in [1.165, 1.54) is 6.07 Å². The predicted octanol–water partition coefficient (Wildman–Crippen LogP) is 2.42. The van der Waals surface area contributed by atoms with Crippen LogP contribution in [0.2, 0.25) is 5.02 Å². The molecule has 0 bridgehead atoms. The van der Waals surface area contributed by atoms with Crippen LogP contribution in [-0.2, 0) is 6.42 Å². The number of oxime groups is 1. The van der Waals surface area contributed by atoms with Gasteiger partial charge in [-0.3, -0.25) is 0 Å².